The fourth-order valence-corrected chi connectivity index (χ4v) is 4.17. The third-order valence-corrected chi connectivity index (χ3v) is 5.54. The van der Waals surface area contributed by atoms with Gasteiger partial charge in [-0.2, -0.15) is 0 Å². The average Bonchev–Trinajstić information content (AvgIpc) is 3.33. The van der Waals surface area contributed by atoms with E-state index in [-0.39, 0.29) is 23.7 Å². The highest BCUT2D eigenvalue weighted by atomic mass is 19.2. The van der Waals surface area contributed by atoms with Gasteiger partial charge in [-0.25, -0.2) is 8.78 Å². The number of nitrogens with one attached hydrogen (secondary N) is 1. The Kier molecular flexibility index (Phi) is 3.58. The van der Waals surface area contributed by atoms with Crippen LogP contribution in [0, 0.1) is 17.6 Å². The first-order chi connectivity index (χ1) is 11.5. The zero-order valence-electron chi connectivity index (χ0n) is 13.4. The Labute approximate surface area is 139 Å². The van der Waals surface area contributed by atoms with Crippen LogP contribution in [0.4, 0.5) is 8.78 Å². The van der Waals surface area contributed by atoms with Crippen LogP contribution in [0.2, 0.25) is 0 Å². The van der Waals surface area contributed by atoms with Crippen molar-refractivity contribution in [2.45, 2.75) is 43.6 Å². The number of carbonyl (C=O) groups is 2. The molecular formula is C18H20F2N2O2. The molecule has 0 radical (unpaired) electrons. The van der Waals surface area contributed by atoms with Crippen molar-refractivity contribution in [1.82, 2.24) is 10.2 Å². The number of halogens is 2. The molecule has 1 aromatic carbocycles. The van der Waals surface area contributed by atoms with Gasteiger partial charge in [0.05, 0.1) is 5.54 Å². The van der Waals surface area contributed by atoms with Gasteiger partial charge in [0.2, 0.25) is 11.8 Å². The summed E-state index contributed by atoms with van der Waals surface area (Å²) in [7, 11) is 0. The summed E-state index contributed by atoms with van der Waals surface area (Å²) < 4.78 is 27.0. The van der Waals surface area contributed by atoms with Crippen molar-refractivity contribution in [1.29, 1.82) is 0 Å². The van der Waals surface area contributed by atoms with Crippen LogP contribution in [0.15, 0.2) is 18.2 Å². The summed E-state index contributed by atoms with van der Waals surface area (Å²) in [6.45, 7) is 0.901. The molecule has 1 N–H and O–H groups in total. The van der Waals surface area contributed by atoms with Crippen molar-refractivity contribution in [2.75, 3.05) is 13.1 Å². The lowest BCUT2D eigenvalue weighted by Gasteiger charge is -2.39. The molecule has 4 nitrogen and oxygen atoms in total. The van der Waals surface area contributed by atoms with E-state index in [1.54, 1.807) is 11.0 Å². The summed E-state index contributed by atoms with van der Waals surface area (Å²) in [5, 5.41) is 3.07. The molecule has 2 saturated heterocycles. The summed E-state index contributed by atoms with van der Waals surface area (Å²) in [5.74, 6) is -1.79. The van der Waals surface area contributed by atoms with Gasteiger partial charge in [0, 0.05) is 31.3 Å². The lowest BCUT2D eigenvalue weighted by Crippen LogP contribution is -2.56. The van der Waals surface area contributed by atoms with Crippen LogP contribution < -0.4 is 5.32 Å². The van der Waals surface area contributed by atoms with Crippen molar-refractivity contribution in [3.8, 4) is 0 Å². The van der Waals surface area contributed by atoms with Crippen LogP contribution in [0.1, 0.15) is 43.6 Å². The molecular weight excluding hydrogens is 314 g/mol. The number of benzene rings is 1. The summed E-state index contributed by atoms with van der Waals surface area (Å²) in [5.41, 5.74) is 0.0756. The van der Waals surface area contributed by atoms with Crippen LogP contribution in [0.25, 0.3) is 0 Å². The van der Waals surface area contributed by atoms with Gasteiger partial charge in [-0.15, -0.1) is 0 Å². The molecule has 6 heteroatoms. The molecule has 4 rings (SSSR count). The van der Waals surface area contributed by atoms with Crippen LogP contribution in [-0.2, 0) is 9.59 Å². The Balaban J connectivity index is 1.68. The lowest BCUT2D eigenvalue weighted by molar-refractivity contribution is -0.132. The maximum Gasteiger partial charge on any atom is 0.225 e. The van der Waals surface area contributed by atoms with Crippen LogP contribution >= 0.6 is 0 Å². The van der Waals surface area contributed by atoms with Crippen LogP contribution in [0.3, 0.4) is 0 Å². The standard InChI is InChI=1S/C18H20F2N2O2/c19-14-6-5-12(8-15(14)20)13-9-22(17(24)11-3-4-11)10-18(13)7-1-2-16(23)21-18/h5-6,8,11,13H,1-4,7,9-10H2,(H,21,23)/t13-,18+/m0/s1. The van der Waals surface area contributed by atoms with Gasteiger partial charge in [0.15, 0.2) is 11.6 Å². The number of rotatable bonds is 2. The summed E-state index contributed by atoms with van der Waals surface area (Å²) in [6, 6.07) is 3.89. The van der Waals surface area contributed by atoms with Crippen molar-refractivity contribution >= 4 is 11.8 Å². The minimum atomic E-state index is -0.892. The Hall–Kier alpha value is -1.98. The number of hydrogen-bond donors (Lipinski definition) is 1. The van der Waals surface area contributed by atoms with E-state index in [0.29, 0.717) is 25.1 Å². The molecule has 0 aromatic heterocycles. The second-order valence-electron chi connectivity index (χ2n) is 7.28. The zero-order chi connectivity index (χ0) is 16.9. The molecule has 3 fully saturated rings. The summed E-state index contributed by atoms with van der Waals surface area (Å²) in [4.78, 5) is 26.3. The average molecular weight is 334 g/mol. The molecule has 1 saturated carbocycles. The van der Waals surface area contributed by atoms with Gasteiger partial charge in [-0.3, -0.25) is 9.59 Å². The first-order valence-electron chi connectivity index (χ1n) is 8.53. The predicted molar refractivity (Wildman–Crippen MR) is 83.1 cm³/mol. The van der Waals surface area contributed by atoms with E-state index in [2.05, 4.69) is 5.32 Å². The fourth-order valence-electron chi connectivity index (χ4n) is 4.17. The minimum Gasteiger partial charge on any atom is -0.348 e. The number of nitrogens with zero attached hydrogens (tertiary/aromatic N) is 1. The number of likely N-dealkylation sites (tertiary alicyclic amines) is 1. The highest BCUT2D eigenvalue weighted by molar-refractivity contribution is 5.83. The predicted octanol–water partition coefficient (Wildman–Crippen LogP) is 2.34. The molecule has 1 aliphatic carbocycles. The van der Waals surface area contributed by atoms with E-state index in [0.717, 1.165) is 31.7 Å². The fraction of sp³-hybridized carbons (Fsp3) is 0.556. The van der Waals surface area contributed by atoms with Crippen molar-refractivity contribution in [2.24, 2.45) is 5.92 Å². The summed E-state index contributed by atoms with van der Waals surface area (Å²) >= 11 is 0. The molecule has 2 heterocycles. The van der Waals surface area contributed by atoms with Crippen molar-refractivity contribution in [3.63, 3.8) is 0 Å². The Morgan fingerprint density at radius 2 is 2.04 bits per heavy atom. The van der Waals surface area contributed by atoms with Gasteiger partial charge in [-0.05, 0) is 43.4 Å². The molecule has 2 aliphatic heterocycles. The molecule has 1 aromatic rings. The van der Waals surface area contributed by atoms with Crippen molar-refractivity contribution in [3.05, 3.63) is 35.4 Å². The van der Waals surface area contributed by atoms with E-state index < -0.39 is 17.2 Å². The molecule has 0 bridgehead atoms. The molecule has 0 unspecified atom stereocenters. The van der Waals surface area contributed by atoms with Gasteiger partial charge in [-0.1, -0.05) is 6.07 Å². The Morgan fingerprint density at radius 1 is 1.25 bits per heavy atom. The van der Waals surface area contributed by atoms with E-state index in [9.17, 15) is 18.4 Å². The molecule has 2 amide bonds. The van der Waals surface area contributed by atoms with Crippen LogP contribution in [0.5, 0.6) is 0 Å². The SMILES string of the molecule is O=C1CCC[C@]2(CN(C(=O)C3CC3)C[C@H]2c2ccc(F)c(F)c2)N1. The first kappa shape index (κ1) is 15.5. The Morgan fingerprint density at radius 3 is 2.71 bits per heavy atom. The second kappa shape index (κ2) is 5.53. The van der Waals surface area contributed by atoms with E-state index in [1.165, 1.54) is 6.07 Å². The number of piperidine rings is 1. The van der Waals surface area contributed by atoms with E-state index >= 15 is 0 Å². The van der Waals surface area contributed by atoms with Gasteiger partial charge < -0.3 is 10.2 Å². The minimum absolute atomic E-state index is 0.0328. The van der Waals surface area contributed by atoms with Crippen molar-refractivity contribution < 1.29 is 18.4 Å². The first-order valence-corrected chi connectivity index (χ1v) is 8.53. The topological polar surface area (TPSA) is 49.4 Å². The maximum atomic E-state index is 13.7. The molecule has 1 spiro atoms. The highest BCUT2D eigenvalue weighted by Crippen LogP contribution is 2.43. The van der Waals surface area contributed by atoms with E-state index in [4.69, 9.17) is 0 Å². The lowest BCUT2D eigenvalue weighted by atomic mass is 9.76. The third-order valence-electron chi connectivity index (χ3n) is 5.54. The number of amides is 2. The summed E-state index contributed by atoms with van der Waals surface area (Å²) in [6.07, 6.45) is 3.81. The monoisotopic (exact) mass is 334 g/mol. The molecule has 24 heavy (non-hydrogen) atoms. The highest BCUT2D eigenvalue weighted by Gasteiger charge is 2.52. The number of hydrogen-bond acceptors (Lipinski definition) is 2. The molecule has 128 valence electrons. The van der Waals surface area contributed by atoms with Gasteiger partial charge >= 0.3 is 0 Å². The maximum absolute atomic E-state index is 13.7. The zero-order valence-corrected chi connectivity index (χ0v) is 13.4. The largest absolute Gasteiger partial charge is 0.348 e. The number of carbonyl (C=O) groups excluding carboxylic acids is 2. The smallest absolute Gasteiger partial charge is 0.225 e. The van der Waals surface area contributed by atoms with Crippen LogP contribution in [-0.4, -0.2) is 35.3 Å². The van der Waals surface area contributed by atoms with Gasteiger partial charge in [0.25, 0.3) is 0 Å². The molecule has 3 aliphatic rings. The quantitative estimate of drug-likeness (QED) is 0.902. The molecule has 2 atom stereocenters. The third kappa shape index (κ3) is 2.58. The van der Waals surface area contributed by atoms with E-state index in [1.807, 2.05) is 0 Å². The van der Waals surface area contributed by atoms with Gasteiger partial charge in [0.1, 0.15) is 0 Å². The Bertz CT molecular complexity index is 704. The second-order valence-corrected chi connectivity index (χ2v) is 7.28. The normalized spacial score (nSPS) is 29.8.